The fraction of sp³-hybridized carbons (Fsp3) is 0.923. The zero-order chi connectivity index (χ0) is 11.5. The van der Waals surface area contributed by atoms with Gasteiger partial charge in [0, 0.05) is 6.54 Å². The van der Waals surface area contributed by atoms with Gasteiger partial charge in [-0.15, -0.1) is 0 Å². The molecule has 2 fully saturated rings. The van der Waals surface area contributed by atoms with Crippen molar-refractivity contribution in [1.82, 2.24) is 4.90 Å². The van der Waals surface area contributed by atoms with Gasteiger partial charge in [-0.25, -0.2) is 0 Å². The summed E-state index contributed by atoms with van der Waals surface area (Å²) >= 11 is 0. The Morgan fingerprint density at radius 2 is 1.88 bits per heavy atom. The molecule has 2 aliphatic rings. The molecule has 0 radical (unpaired) electrons. The zero-order valence-corrected chi connectivity index (χ0v) is 10.2. The molecule has 92 valence electrons. The van der Waals surface area contributed by atoms with Crippen LogP contribution in [0.2, 0.25) is 0 Å². The van der Waals surface area contributed by atoms with Crippen LogP contribution >= 0.6 is 0 Å². The average molecular weight is 225 g/mol. The van der Waals surface area contributed by atoms with E-state index < -0.39 is 5.97 Å². The van der Waals surface area contributed by atoms with Crippen molar-refractivity contribution in [2.75, 3.05) is 20.1 Å². The smallest absolute Gasteiger partial charge is 0.306 e. The van der Waals surface area contributed by atoms with E-state index in [1.165, 1.54) is 25.9 Å². The SMILES string of the molecule is CN1CCC(CC2CCC(C(=O)O)CC2)C1. The molecule has 3 heteroatoms. The summed E-state index contributed by atoms with van der Waals surface area (Å²) in [6.45, 7) is 2.49. The topological polar surface area (TPSA) is 40.5 Å². The summed E-state index contributed by atoms with van der Waals surface area (Å²) in [6, 6.07) is 0. The summed E-state index contributed by atoms with van der Waals surface area (Å²) in [5.41, 5.74) is 0. The lowest BCUT2D eigenvalue weighted by Crippen LogP contribution is -2.23. The third kappa shape index (κ3) is 2.97. The van der Waals surface area contributed by atoms with Crippen LogP contribution < -0.4 is 0 Å². The molecule has 3 nitrogen and oxygen atoms in total. The molecule has 16 heavy (non-hydrogen) atoms. The molecule has 0 amide bonds. The van der Waals surface area contributed by atoms with E-state index in [1.807, 2.05) is 0 Å². The van der Waals surface area contributed by atoms with Crippen molar-refractivity contribution in [3.63, 3.8) is 0 Å². The van der Waals surface area contributed by atoms with E-state index in [0.717, 1.165) is 37.5 Å². The standard InChI is InChI=1S/C13H23NO2/c1-14-7-6-11(9-14)8-10-2-4-12(5-3-10)13(15)16/h10-12H,2-9H2,1H3,(H,15,16). The number of nitrogens with zero attached hydrogens (tertiary/aromatic N) is 1. The Hall–Kier alpha value is -0.570. The molecule has 1 unspecified atom stereocenters. The molecule has 0 aromatic heterocycles. The van der Waals surface area contributed by atoms with Gasteiger partial charge in [-0.2, -0.15) is 0 Å². The molecule has 1 aliphatic carbocycles. The minimum absolute atomic E-state index is 0.0532. The fourth-order valence-electron chi connectivity index (χ4n) is 3.34. The van der Waals surface area contributed by atoms with Gasteiger partial charge in [0.2, 0.25) is 0 Å². The van der Waals surface area contributed by atoms with Crippen LogP contribution in [0.3, 0.4) is 0 Å². The number of carboxylic acid groups (broad SMARTS) is 1. The molecular weight excluding hydrogens is 202 g/mol. The maximum Gasteiger partial charge on any atom is 0.306 e. The first-order valence-electron chi connectivity index (χ1n) is 6.56. The zero-order valence-electron chi connectivity index (χ0n) is 10.2. The fourth-order valence-corrected chi connectivity index (χ4v) is 3.34. The van der Waals surface area contributed by atoms with Crippen molar-refractivity contribution >= 4 is 5.97 Å². The predicted octanol–water partition coefficient (Wildman–Crippen LogP) is 2.22. The van der Waals surface area contributed by atoms with Crippen molar-refractivity contribution in [3.05, 3.63) is 0 Å². The van der Waals surface area contributed by atoms with Crippen LogP contribution in [0, 0.1) is 17.8 Å². The number of carbonyl (C=O) groups is 1. The Kier molecular flexibility index (Phi) is 3.85. The average Bonchev–Trinajstić information content (AvgIpc) is 2.65. The van der Waals surface area contributed by atoms with Crippen molar-refractivity contribution in [2.45, 2.75) is 38.5 Å². The maximum absolute atomic E-state index is 10.8. The van der Waals surface area contributed by atoms with Gasteiger partial charge in [-0.05, 0) is 64.0 Å². The lowest BCUT2D eigenvalue weighted by molar-refractivity contribution is -0.143. The molecule has 1 heterocycles. The summed E-state index contributed by atoms with van der Waals surface area (Å²) in [4.78, 5) is 13.3. The summed E-state index contributed by atoms with van der Waals surface area (Å²) in [5, 5.41) is 8.94. The van der Waals surface area contributed by atoms with Crippen molar-refractivity contribution in [3.8, 4) is 0 Å². The molecule has 1 N–H and O–H groups in total. The Balaban J connectivity index is 1.71. The number of hydrogen-bond donors (Lipinski definition) is 1. The highest BCUT2D eigenvalue weighted by molar-refractivity contribution is 5.69. The highest BCUT2D eigenvalue weighted by atomic mass is 16.4. The monoisotopic (exact) mass is 225 g/mol. The van der Waals surface area contributed by atoms with Crippen molar-refractivity contribution in [1.29, 1.82) is 0 Å². The normalized spacial score (nSPS) is 36.4. The Morgan fingerprint density at radius 3 is 2.38 bits per heavy atom. The van der Waals surface area contributed by atoms with Crippen molar-refractivity contribution in [2.24, 2.45) is 17.8 Å². The summed E-state index contributed by atoms with van der Waals surface area (Å²) < 4.78 is 0. The van der Waals surface area contributed by atoms with E-state index in [0.29, 0.717) is 0 Å². The van der Waals surface area contributed by atoms with Crippen molar-refractivity contribution < 1.29 is 9.90 Å². The number of rotatable bonds is 3. The molecule has 0 bridgehead atoms. The number of aliphatic carboxylic acids is 1. The second-order valence-corrected chi connectivity index (χ2v) is 5.71. The quantitative estimate of drug-likeness (QED) is 0.800. The third-order valence-corrected chi connectivity index (χ3v) is 4.35. The molecule has 0 aromatic carbocycles. The second kappa shape index (κ2) is 5.17. The summed E-state index contributed by atoms with van der Waals surface area (Å²) in [6.07, 6.45) is 6.76. The van der Waals surface area contributed by atoms with Crippen LogP contribution in [0.15, 0.2) is 0 Å². The highest BCUT2D eigenvalue weighted by Crippen LogP contribution is 2.34. The van der Waals surface area contributed by atoms with Crippen LogP contribution in [0.1, 0.15) is 38.5 Å². The summed E-state index contributed by atoms with van der Waals surface area (Å²) in [7, 11) is 2.20. The minimum atomic E-state index is -0.584. The van der Waals surface area contributed by atoms with Gasteiger partial charge in [0.05, 0.1) is 5.92 Å². The molecule has 2 rings (SSSR count). The van der Waals surface area contributed by atoms with Gasteiger partial charge >= 0.3 is 5.97 Å². The molecular formula is C13H23NO2. The third-order valence-electron chi connectivity index (χ3n) is 4.35. The Morgan fingerprint density at radius 1 is 1.19 bits per heavy atom. The number of likely N-dealkylation sites (tertiary alicyclic amines) is 1. The molecule has 1 aliphatic heterocycles. The summed E-state index contributed by atoms with van der Waals surface area (Å²) in [5.74, 6) is 1.03. The van der Waals surface area contributed by atoms with Crippen LogP contribution in [-0.2, 0) is 4.79 Å². The van der Waals surface area contributed by atoms with Crippen LogP contribution in [0.25, 0.3) is 0 Å². The van der Waals surface area contributed by atoms with E-state index in [1.54, 1.807) is 0 Å². The largest absolute Gasteiger partial charge is 0.481 e. The predicted molar refractivity (Wildman–Crippen MR) is 63.3 cm³/mol. The van der Waals surface area contributed by atoms with E-state index in [4.69, 9.17) is 5.11 Å². The van der Waals surface area contributed by atoms with E-state index in [-0.39, 0.29) is 5.92 Å². The highest BCUT2D eigenvalue weighted by Gasteiger charge is 2.29. The lowest BCUT2D eigenvalue weighted by Gasteiger charge is -2.27. The molecule has 1 saturated heterocycles. The van der Waals surface area contributed by atoms with E-state index in [9.17, 15) is 4.79 Å². The molecule has 0 aromatic rings. The molecule has 1 atom stereocenters. The number of hydrogen-bond acceptors (Lipinski definition) is 2. The number of carboxylic acids is 1. The lowest BCUT2D eigenvalue weighted by atomic mass is 9.78. The Labute approximate surface area is 97.8 Å². The first kappa shape index (κ1) is 11.9. The van der Waals surface area contributed by atoms with Gasteiger partial charge in [0.25, 0.3) is 0 Å². The van der Waals surface area contributed by atoms with Gasteiger partial charge < -0.3 is 10.0 Å². The van der Waals surface area contributed by atoms with Crippen LogP contribution in [0.5, 0.6) is 0 Å². The van der Waals surface area contributed by atoms with Gasteiger partial charge in [-0.1, -0.05) is 0 Å². The second-order valence-electron chi connectivity index (χ2n) is 5.71. The molecule has 0 spiro atoms. The van der Waals surface area contributed by atoms with Crippen LogP contribution in [-0.4, -0.2) is 36.1 Å². The Bertz CT molecular complexity index is 246. The first-order valence-corrected chi connectivity index (χ1v) is 6.56. The first-order chi connectivity index (χ1) is 7.65. The van der Waals surface area contributed by atoms with Crippen LogP contribution in [0.4, 0.5) is 0 Å². The van der Waals surface area contributed by atoms with Gasteiger partial charge in [-0.3, -0.25) is 4.79 Å². The molecule has 1 saturated carbocycles. The van der Waals surface area contributed by atoms with Gasteiger partial charge in [0.1, 0.15) is 0 Å². The van der Waals surface area contributed by atoms with E-state index >= 15 is 0 Å². The maximum atomic E-state index is 10.8. The van der Waals surface area contributed by atoms with E-state index in [2.05, 4.69) is 11.9 Å². The minimum Gasteiger partial charge on any atom is -0.481 e. The van der Waals surface area contributed by atoms with Gasteiger partial charge in [0.15, 0.2) is 0 Å².